The highest BCUT2D eigenvalue weighted by molar-refractivity contribution is 5.91. The molecule has 3 fully saturated rings. The van der Waals surface area contributed by atoms with Crippen LogP contribution in [0, 0.1) is 22.7 Å². The number of nitrogens with one attached hydrogen (secondary N) is 1. The van der Waals surface area contributed by atoms with Gasteiger partial charge in [-0.15, -0.1) is 0 Å². The molecule has 3 N–H and O–H groups in total. The number of aliphatic hydroxyl groups is 2. The van der Waals surface area contributed by atoms with Crippen molar-refractivity contribution >= 4 is 12.2 Å². The summed E-state index contributed by atoms with van der Waals surface area (Å²) in [5, 5.41) is 24.5. The third kappa shape index (κ3) is 2.44. The Kier molecular flexibility index (Phi) is 4.39. The number of aliphatic hydroxyl groups excluding tert-OH is 1. The predicted molar refractivity (Wildman–Crippen MR) is 101 cm³/mol. The van der Waals surface area contributed by atoms with E-state index in [-0.39, 0.29) is 29.1 Å². The van der Waals surface area contributed by atoms with E-state index in [4.69, 9.17) is 0 Å². The zero-order valence-corrected chi connectivity index (χ0v) is 16.4. The van der Waals surface area contributed by atoms with Crippen molar-refractivity contribution in [2.75, 3.05) is 6.61 Å². The van der Waals surface area contributed by atoms with Crippen LogP contribution in [0.2, 0.25) is 0 Å². The van der Waals surface area contributed by atoms with Gasteiger partial charge in [0.1, 0.15) is 0 Å². The van der Waals surface area contributed by atoms with Crippen molar-refractivity contribution in [1.29, 1.82) is 0 Å². The van der Waals surface area contributed by atoms with Crippen LogP contribution in [0.4, 0.5) is 0 Å². The first-order chi connectivity index (χ1) is 12.8. The van der Waals surface area contributed by atoms with Gasteiger partial charge in [0.15, 0.2) is 5.78 Å². The molecule has 4 aliphatic rings. The molecule has 0 saturated heterocycles. The molecule has 5 heteroatoms. The summed E-state index contributed by atoms with van der Waals surface area (Å²) in [4.78, 5) is 22.9. The van der Waals surface area contributed by atoms with Crippen LogP contribution >= 0.6 is 0 Å². The van der Waals surface area contributed by atoms with E-state index in [1.807, 2.05) is 6.08 Å². The van der Waals surface area contributed by atoms with Gasteiger partial charge in [-0.2, -0.15) is 0 Å². The largest absolute Gasteiger partial charge is 0.390 e. The van der Waals surface area contributed by atoms with Crippen molar-refractivity contribution in [3.8, 4) is 0 Å². The maximum Gasteiger partial charge on any atom is 0.211 e. The molecular formula is C22H31NO4. The minimum absolute atomic E-state index is 0.0902. The molecule has 0 spiro atoms. The van der Waals surface area contributed by atoms with Crippen LogP contribution in [0.25, 0.3) is 0 Å². The molecule has 4 rings (SSSR count). The highest BCUT2D eigenvalue weighted by Gasteiger charge is 2.65. The zero-order chi connectivity index (χ0) is 19.4. The topological polar surface area (TPSA) is 86.6 Å². The van der Waals surface area contributed by atoms with E-state index in [0.717, 1.165) is 49.7 Å². The lowest BCUT2D eigenvalue weighted by atomic mass is 9.45. The Morgan fingerprint density at radius 2 is 1.93 bits per heavy atom. The highest BCUT2D eigenvalue weighted by atomic mass is 16.3. The number of hydrogen-bond donors (Lipinski definition) is 3. The van der Waals surface area contributed by atoms with E-state index in [1.54, 1.807) is 0 Å². The van der Waals surface area contributed by atoms with Crippen molar-refractivity contribution in [3.05, 3.63) is 22.9 Å². The summed E-state index contributed by atoms with van der Waals surface area (Å²) in [6.07, 6.45) is 8.92. The molecule has 0 aromatic rings. The Labute approximate surface area is 160 Å². The number of carbonyl (C=O) groups excluding carboxylic acids is 2. The molecule has 0 heterocycles. The Bertz CT molecular complexity index is 741. The number of rotatable bonds is 3. The van der Waals surface area contributed by atoms with Gasteiger partial charge in [0.25, 0.3) is 0 Å². The summed E-state index contributed by atoms with van der Waals surface area (Å²) in [7, 11) is 0. The van der Waals surface area contributed by atoms with Gasteiger partial charge in [0.2, 0.25) is 6.41 Å². The van der Waals surface area contributed by atoms with Gasteiger partial charge >= 0.3 is 0 Å². The number of carbonyl (C=O) groups is 2. The van der Waals surface area contributed by atoms with Gasteiger partial charge in [-0.3, -0.25) is 9.59 Å². The summed E-state index contributed by atoms with van der Waals surface area (Å²) >= 11 is 0. The lowest BCUT2D eigenvalue weighted by Crippen LogP contribution is -2.62. The average molecular weight is 373 g/mol. The molecule has 0 aromatic heterocycles. The lowest BCUT2D eigenvalue weighted by Gasteiger charge is -2.62. The van der Waals surface area contributed by atoms with Gasteiger partial charge in [0.05, 0.1) is 12.2 Å². The second-order valence-corrected chi connectivity index (χ2v) is 9.48. The number of fused-ring (bicyclic) bond motifs is 5. The predicted octanol–water partition coefficient (Wildman–Crippen LogP) is 2.63. The molecule has 0 bridgehead atoms. The van der Waals surface area contributed by atoms with Crippen LogP contribution in [0.15, 0.2) is 22.9 Å². The molecule has 0 aromatic carbocycles. The number of hydrogen-bond acceptors (Lipinski definition) is 4. The second kappa shape index (κ2) is 6.28. The molecule has 0 aliphatic heterocycles. The van der Waals surface area contributed by atoms with Crippen LogP contribution in [0.1, 0.15) is 65.2 Å². The maximum atomic E-state index is 12.0. The number of ketones is 1. The van der Waals surface area contributed by atoms with E-state index in [1.165, 1.54) is 0 Å². The monoisotopic (exact) mass is 373 g/mol. The minimum Gasteiger partial charge on any atom is -0.390 e. The number of amides is 1. The summed E-state index contributed by atoms with van der Waals surface area (Å²) in [6, 6.07) is 0. The van der Waals surface area contributed by atoms with Crippen molar-refractivity contribution in [2.24, 2.45) is 22.7 Å². The first-order valence-corrected chi connectivity index (χ1v) is 10.3. The van der Waals surface area contributed by atoms with Crippen molar-refractivity contribution in [3.63, 3.8) is 0 Å². The molecule has 5 atom stereocenters. The Morgan fingerprint density at radius 3 is 2.63 bits per heavy atom. The van der Waals surface area contributed by atoms with Crippen LogP contribution in [-0.4, -0.2) is 34.6 Å². The molecular weight excluding hydrogens is 342 g/mol. The van der Waals surface area contributed by atoms with Gasteiger partial charge in [-0.05, 0) is 73.8 Å². The molecule has 3 saturated carbocycles. The Morgan fingerprint density at radius 1 is 1.19 bits per heavy atom. The van der Waals surface area contributed by atoms with Crippen molar-refractivity contribution in [1.82, 2.24) is 5.32 Å². The van der Waals surface area contributed by atoms with Crippen LogP contribution in [-0.2, 0) is 9.59 Å². The second-order valence-electron chi connectivity index (χ2n) is 9.48. The van der Waals surface area contributed by atoms with Crippen molar-refractivity contribution in [2.45, 2.75) is 70.8 Å². The van der Waals surface area contributed by atoms with Crippen LogP contribution in [0.5, 0.6) is 0 Å². The molecule has 0 unspecified atom stereocenters. The van der Waals surface area contributed by atoms with Gasteiger partial charge in [0, 0.05) is 17.5 Å². The van der Waals surface area contributed by atoms with Crippen LogP contribution in [0.3, 0.4) is 0 Å². The maximum absolute atomic E-state index is 12.0. The Balaban J connectivity index is 1.73. The molecule has 27 heavy (non-hydrogen) atoms. The SMILES string of the molecule is C[C@]12CCC(=O)C=C1CC[C@H]1[C@@H]3CCC(=C(CO)NC=O)[C@@]3(C)CC[C@@]12O. The van der Waals surface area contributed by atoms with Gasteiger partial charge in [-0.25, -0.2) is 0 Å². The minimum atomic E-state index is -0.769. The third-order valence-corrected chi connectivity index (χ3v) is 8.69. The fourth-order valence-corrected chi connectivity index (χ4v) is 7.11. The highest BCUT2D eigenvalue weighted by Crippen LogP contribution is 2.68. The quantitative estimate of drug-likeness (QED) is 0.664. The summed E-state index contributed by atoms with van der Waals surface area (Å²) in [6.45, 7) is 4.26. The Hall–Kier alpha value is -1.46. The fourth-order valence-electron chi connectivity index (χ4n) is 7.11. The summed E-state index contributed by atoms with van der Waals surface area (Å²) in [5.74, 6) is 0.737. The van der Waals surface area contributed by atoms with E-state index in [0.29, 0.717) is 30.9 Å². The summed E-state index contributed by atoms with van der Waals surface area (Å²) < 4.78 is 0. The molecule has 1 amide bonds. The van der Waals surface area contributed by atoms with Crippen molar-refractivity contribution < 1.29 is 19.8 Å². The first kappa shape index (κ1) is 18.9. The van der Waals surface area contributed by atoms with E-state index >= 15 is 0 Å². The molecule has 148 valence electrons. The summed E-state index contributed by atoms with van der Waals surface area (Å²) in [5.41, 5.74) is 1.79. The molecule has 5 nitrogen and oxygen atoms in total. The van der Waals surface area contributed by atoms with E-state index < -0.39 is 5.60 Å². The average Bonchev–Trinajstić information content (AvgIpc) is 2.98. The lowest BCUT2D eigenvalue weighted by molar-refractivity contribution is -0.183. The van der Waals surface area contributed by atoms with Gasteiger partial charge < -0.3 is 15.5 Å². The molecule has 0 radical (unpaired) electrons. The first-order valence-electron chi connectivity index (χ1n) is 10.3. The zero-order valence-electron chi connectivity index (χ0n) is 16.4. The van der Waals surface area contributed by atoms with E-state index in [9.17, 15) is 19.8 Å². The number of allylic oxidation sites excluding steroid dienone is 1. The normalized spacial score (nSPS) is 45.3. The smallest absolute Gasteiger partial charge is 0.211 e. The van der Waals surface area contributed by atoms with Gasteiger partial charge in [-0.1, -0.05) is 19.4 Å². The molecule has 4 aliphatic carbocycles. The fraction of sp³-hybridized carbons (Fsp3) is 0.727. The van der Waals surface area contributed by atoms with Crippen LogP contribution < -0.4 is 5.32 Å². The third-order valence-electron chi connectivity index (χ3n) is 8.69. The van der Waals surface area contributed by atoms with E-state index in [2.05, 4.69) is 19.2 Å². The standard InChI is InChI=1S/C22H31NO4/c1-20-9-10-22(27)17(4-3-14-11-15(26)7-8-21(14,22)2)16(20)5-6-18(20)19(12-24)23-13-25/h11,13,16-17,24,27H,3-10,12H2,1-2H3,(H,23,25)/t16-,17-,20-,21-,22+/m0/s1.